The Morgan fingerprint density at radius 3 is 2.65 bits per heavy atom. The van der Waals surface area contributed by atoms with Gasteiger partial charge in [-0.3, -0.25) is 9.59 Å². The molecule has 1 aromatic carbocycles. The Morgan fingerprint density at radius 2 is 2.03 bits per heavy atom. The number of alkyl halides is 3. The molecule has 190 valence electrons. The normalized spacial score (nSPS) is 22.0. The first-order valence-corrected chi connectivity index (χ1v) is 11.7. The topological polar surface area (TPSA) is 82.1 Å². The maximum Gasteiger partial charge on any atom is 0.389 e. The fourth-order valence-electron chi connectivity index (χ4n) is 4.15. The molecule has 7 nitrogen and oxygen atoms in total. The summed E-state index contributed by atoms with van der Waals surface area (Å²) in [6.45, 7) is 5.41. The molecule has 1 aliphatic heterocycles. The number of carbonyl (C=O) groups excluding carboxylic acids is 2. The molecule has 2 N–H and O–H groups in total. The van der Waals surface area contributed by atoms with Crippen LogP contribution >= 0.6 is 0 Å². The van der Waals surface area contributed by atoms with E-state index in [1.807, 2.05) is 14.0 Å². The molecular weight excluding hydrogens is 451 g/mol. The Labute approximate surface area is 198 Å². The SMILES string of the molecule is C[C@H](CO)N1C[C@H](C)[C@@H](CN(C)CC2CC2)Oc2c(NC(=O)CCC(F)(F)F)cccc2C1=O. The van der Waals surface area contributed by atoms with Crippen LogP contribution in [-0.2, 0) is 4.79 Å². The average molecular weight is 486 g/mol. The number of para-hydroxylation sites is 1. The molecule has 3 atom stereocenters. The molecule has 0 aromatic heterocycles. The van der Waals surface area contributed by atoms with Crippen molar-refractivity contribution in [2.75, 3.05) is 38.6 Å². The number of amides is 2. The molecular formula is C24H34F3N3O4. The van der Waals surface area contributed by atoms with Gasteiger partial charge in [0, 0.05) is 32.0 Å². The number of benzene rings is 1. The van der Waals surface area contributed by atoms with Crippen molar-refractivity contribution < 1.29 is 32.6 Å². The van der Waals surface area contributed by atoms with E-state index >= 15 is 0 Å². The third kappa shape index (κ3) is 7.09. The van der Waals surface area contributed by atoms with E-state index in [1.54, 1.807) is 24.0 Å². The smallest absolute Gasteiger partial charge is 0.389 e. The molecule has 0 spiro atoms. The fourth-order valence-corrected chi connectivity index (χ4v) is 4.15. The number of nitrogens with zero attached hydrogens (tertiary/aromatic N) is 2. The molecule has 0 radical (unpaired) electrons. The molecule has 1 saturated carbocycles. The van der Waals surface area contributed by atoms with Gasteiger partial charge >= 0.3 is 6.18 Å². The minimum Gasteiger partial charge on any atom is -0.486 e. The number of carbonyl (C=O) groups is 2. The Hall–Kier alpha value is -2.33. The predicted octanol–water partition coefficient (Wildman–Crippen LogP) is 3.53. The van der Waals surface area contributed by atoms with Gasteiger partial charge in [-0.05, 0) is 44.9 Å². The zero-order valence-corrected chi connectivity index (χ0v) is 19.9. The first-order chi connectivity index (χ1) is 16.0. The lowest BCUT2D eigenvalue weighted by molar-refractivity contribution is -0.142. The van der Waals surface area contributed by atoms with Crippen molar-refractivity contribution in [1.82, 2.24) is 9.80 Å². The number of hydrogen-bond donors (Lipinski definition) is 2. The van der Waals surface area contributed by atoms with Gasteiger partial charge in [0.1, 0.15) is 6.10 Å². The standard InChI is InChI=1S/C24H34F3N3O4/c1-15-11-30(16(2)14-31)23(33)18-5-4-6-19(28-21(32)9-10-24(25,26)27)22(18)34-20(15)13-29(3)12-17-7-8-17/h4-6,15-17,20,31H,7-14H2,1-3H3,(H,28,32)/t15-,16+,20+/m0/s1. The Morgan fingerprint density at radius 1 is 1.32 bits per heavy atom. The quantitative estimate of drug-likeness (QED) is 0.559. The number of halogens is 3. The van der Waals surface area contributed by atoms with Gasteiger partial charge in [0.15, 0.2) is 5.75 Å². The minimum atomic E-state index is -4.44. The molecule has 3 rings (SSSR count). The molecule has 0 saturated heterocycles. The van der Waals surface area contributed by atoms with Gasteiger partial charge in [0.25, 0.3) is 5.91 Å². The van der Waals surface area contributed by atoms with Crippen molar-refractivity contribution in [2.45, 2.75) is 57.9 Å². The van der Waals surface area contributed by atoms with E-state index in [9.17, 15) is 27.9 Å². The highest BCUT2D eigenvalue weighted by Crippen LogP contribution is 2.36. The van der Waals surface area contributed by atoms with Gasteiger partial charge in [-0.1, -0.05) is 13.0 Å². The van der Waals surface area contributed by atoms with Crippen LogP contribution in [0, 0.1) is 11.8 Å². The van der Waals surface area contributed by atoms with Gasteiger partial charge in [-0.15, -0.1) is 0 Å². The summed E-state index contributed by atoms with van der Waals surface area (Å²) in [5.74, 6) is -0.433. The van der Waals surface area contributed by atoms with E-state index in [1.165, 1.54) is 18.9 Å². The number of rotatable bonds is 9. The second kappa shape index (κ2) is 10.9. The molecule has 1 fully saturated rings. The number of anilines is 1. The van der Waals surface area contributed by atoms with Crippen LogP contribution in [0.2, 0.25) is 0 Å². The summed E-state index contributed by atoms with van der Waals surface area (Å²) in [7, 11) is 2.01. The number of aliphatic hydroxyl groups is 1. The summed E-state index contributed by atoms with van der Waals surface area (Å²) in [6.07, 6.45) is -4.32. The van der Waals surface area contributed by atoms with E-state index in [0.717, 1.165) is 6.54 Å². The predicted molar refractivity (Wildman–Crippen MR) is 122 cm³/mol. The monoisotopic (exact) mass is 485 g/mol. The molecule has 1 aliphatic carbocycles. The zero-order chi connectivity index (χ0) is 25.0. The van der Waals surface area contributed by atoms with Crippen LogP contribution in [0.25, 0.3) is 0 Å². The lowest BCUT2D eigenvalue weighted by atomic mass is 9.99. The minimum absolute atomic E-state index is 0.0956. The lowest BCUT2D eigenvalue weighted by Gasteiger charge is -2.38. The van der Waals surface area contributed by atoms with Crippen molar-refractivity contribution in [3.05, 3.63) is 23.8 Å². The van der Waals surface area contributed by atoms with E-state index in [4.69, 9.17) is 4.74 Å². The highest BCUT2D eigenvalue weighted by Gasteiger charge is 2.35. The summed E-state index contributed by atoms with van der Waals surface area (Å²) in [6, 6.07) is 4.21. The third-order valence-corrected chi connectivity index (χ3v) is 6.36. The lowest BCUT2D eigenvalue weighted by Crippen LogP contribution is -2.50. The first-order valence-electron chi connectivity index (χ1n) is 11.7. The number of aliphatic hydroxyl groups excluding tert-OH is 1. The highest BCUT2D eigenvalue weighted by atomic mass is 19.4. The number of nitrogens with one attached hydrogen (secondary N) is 1. The van der Waals surface area contributed by atoms with Gasteiger partial charge in [-0.2, -0.15) is 13.2 Å². The molecule has 2 amide bonds. The number of ether oxygens (including phenoxy) is 1. The van der Waals surface area contributed by atoms with Crippen LogP contribution in [0.5, 0.6) is 5.75 Å². The molecule has 0 bridgehead atoms. The van der Waals surface area contributed by atoms with Crippen molar-refractivity contribution in [3.8, 4) is 5.75 Å². The molecule has 0 unspecified atom stereocenters. The van der Waals surface area contributed by atoms with Crippen LogP contribution in [0.3, 0.4) is 0 Å². The van der Waals surface area contributed by atoms with Gasteiger partial charge in [0.05, 0.1) is 30.3 Å². The van der Waals surface area contributed by atoms with E-state index in [0.29, 0.717) is 19.0 Å². The Bertz CT molecular complexity index is 876. The van der Waals surface area contributed by atoms with E-state index in [-0.39, 0.29) is 41.5 Å². The zero-order valence-electron chi connectivity index (χ0n) is 19.9. The van der Waals surface area contributed by atoms with E-state index < -0.39 is 31.0 Å². The highest BCUT2D eigenvalue weighted by molar-refractivity contribution is 6.01. The number of hydrogen-bond acceptors (Lipinski definition) is 5. The number of fused-ring (bicyclic) bond motifs is 1. The summed E-state index contributed by atoms with van der Waals surface area (Å²) in [5.41, 5.74) is 0.370. The second-order valence-corrected chi connectivity index (χ2v) is 9.63. The molecule has 10 heteroatoms. The largest absolute Gasteiger partial charge is 0.486 e. The Balaban J connectivity index is 1.91. The summed E-state index contributed by atoms with van der Waals surface area (Å²) >= 11 is 0. The van der Waals surface area contributed by atoms with Crippen molar-refractivity contribution in [1.29, 1.82) is 0 Å². The van der Waals surface area contributed by atoms with Crippen molar-refractivity contribution in [2.24, 2.45) is 11.8 Å². The summed E-state index contributed by atoms with van der Waals surface area (Å²) in [4.78, 5) is 29.4. The van der Waals surface area contributed by atoms with Gasteiger partial charge in [0.2, 0.25) is 5.91 Å². The first kappa shape index (κ1) is 26.3. The molecule has 1 heterocycles. The maximum atomic E-state index is 13.4. The van der Waals surface area contributed by atoms with Crippen LogP contribution in [-0.4, -0.2) is 78.3 Å². The van der Waals surface area contributed by atoms with Gasteiger partial charge < -0.3 is 25.0 Å². The summed E-state index contributed by atoms with van der Waals surface area (Å²) in [5, 5.41) is 12.2. The second-order valence-electron chi connectivity index (χ2n) is 9.63. The number of likely N-dealkylation sites (N-methyl/N-ethyl adjacent to an activating group) is 1. The average Bonchev–Trinajstić information content (AvgIpc) is 3.58. The Kier molecular flexibility index (Phi) is 8.46. The molecule has 2 aliphatic rings. The van der Waals surface area contributed by atoms with Crippen LogP contribution in [0.4, 0.5) is 18.9 Å². The van der Waals surface area contributed by atoms with E-state index in [2.05, 4.69) is 10.2 Å². The van der Waals surface area contributed by atoms with Crippen LogP contribution in [0.15, 0.2) is 18.2 Å². The van der Waals surface area contributed by atoms with Gasteiger partial charge in [-0.25, -0.2) is 0 Å². The maximum absolute atomic E-state index is 13.4. The molecule has 1 aromatic rings. The third-order valence-electron chi connectivity index (χ3n) is 6.36. The van der Waals surface area contributed by atoms with Crippen molar-refractivity contribution >= 4 is 17.5 Å². The molecule has 34 heavy (non-hydrogen) atoms. The summed E-state index contributed by atoms with van der Waals surface area (Å²) < 4.78 is 44.0. The van der Waals surface area contributed by atoms with Crippen molar-refractivity contribution in [3.63, 3.8) is 0 Å². The fraction of sp³-hybridized carbons (Fsp3) is 0.667. The van der Waals surface area contributed by atoms with Crippen LogP contribution in [0.1, 0.15) is 49.9 Å². The van der Waals surface area contributed by atoms with Crippen LogP contribution < -0.4 is 10.1 Å².